The lowest BCUT2D eigenvalue weighted by molar-refractivity contribution is -0.137. The van der Waals surface area contributed by atoms with E-state index < -0.39 is 24.1 Å². The maximum absolute atomic E-state index is 12.8. The highest BCUT2D eigenvalue weighted by molar-refractivity contribution is 6.04. The molecule has 9 nitrogen and oxygen atoms in total. The predicted octanol–water partition coefficient (Wildman–Crippen LogP) is -0.416. The van der Waals surface area contributed by atoms with Gasteiger partial charge in [-0.1, -0.05) is 30.3 Å². The Kier molecular flexibility index (Phi) is 5.29. The van der Waals surface area contributed by atoms with Gasteiger partial charge in [-0.3, -0.25) is 19.5 Å². The van der Waals surface area contributed by atoms with E-state index in [0.717, 1.165) is 11.3 Å². The Balaban J connectivity index is 1.71. The highest BCUT2D eigenvalue weighted by Crippen LogP contribution is 2.23. The quantitative estimate of drug-likeness (QED) is 0.705. The molecule has 2 unspecified atom stereocenters. The number of urea groups is 1. The summed E-state index contributed by atoms with van der Waals surface area (Å²) in [5, 5.41) is 3.17. The minimum absolute atomic E-state index is 0.0190. The molecule has 3 rings (SSSR count). The number of imide groups is 1. The van der Waals surface area contributed by atoms with Gasteiger partial charge in [-0.2, -0.15) is 0 Å². The number of rotatable bonds is 6. The van der Waals surface area contributed by atoms with Crippen molar-refractivity contribution in [3.8, 4) is 0 Å². The third-order valence-electron chi connectivity index (χ3n) is 4.88. The summed E-state index contributed by atoms with van der Waals surface area (Å²) in [6.45, 7) is 0.544. The Morgan fingerprint density at radius 2 is 1.89 bits per heavy atom. The standard InChI is InChI=1S/C18H24N6O3/c1-22-14-15(21-17(22)20-10-8-12-6-4-3-5-7-12)23(2)18(27)24(16(14)26)11-9-13(19)25/h3-7,14-15H,8-11H2,1-2H3,(H2,19,25)(H,20,21). The second kappa shape index (κ2) is 7.65. The Bertz CT molecular complexity index is 766. The second-order valence-electron chi connectivity index (χ2n) is 6.69. The van der Waals surface area contributed by atoms with Gasteiger partial charge in [0.1, 0.15) is 6.17 Å². The van der Waals surface area contributed by atoms with E-state index in [4.69, 9.17) is 5.73 Å². The molecule has 0 aromatic heterocycles. The van der Waals surface area contributed by atoms with Crippen LogP contribution in [0.25, 0.3) is 0 Å². The highest BCUT2D eigenvalue weighted by Gasteiger charge is 2.51. The minimum Gasteiger partial charge on any atom is -0.370 e. The molecule has 1 aromatic rings. The molecule has 2 aliphatic rings. The molecule has 0 spiro atoms. The molecule has 2 fully saturated rings. The molecule has 9 heteroatoms. The van der Waals surface area contributed by atoms with Gasteiger partial charge in [0.05, 0.1) is 0 Å². The van der Waals surface area contributed by atoms with Gasteiger partial charge in [0, 0.05) is 33.6 Å². The maximum atomic E-state index is 12.8. The summed E-state index contributed by atoms with van der Waals surface area (Å²) in [4.78, 5) is 45.2. The first-order valence-electron chi connectivity index (χ1n) is 8.84. The Labute approximate surface area is 157 Å². The molecule has 2 atom stereocenters. The Hall–Kier alpha value is -3.10. The molecule has 0 saturated carbocycles. The Morgan fingerprint density at radius 3 is 2.56 bits per heavy atom. The topological polar surface area (TPSA) is 111 Å². The number of guanidine groups is 1. The molecular formula is C18H24N6O3. The van der Waals surface area contributed by atoms with Crippen LogP contribution in [0.1, 0.15) is 12.0 Å². The smallest absolute Gasteiger partial charge is 0.328 e. The van der Waals surface area contributed by atoms with Crippen molar-refractivity contribution in [3.05, 3.63) is 35.9 Å². The monoisotopic (exact) mass is 372 g/mol. The van der Waals surface area contributed by atoms with Gasteiger partial charge in [-0.05, 0) is 12.0 Å². The van der Waals surface area contributed by atoms with Crippen molar-refractivity contribution in [1.29, 1.82) is 0 Å². The van der Waals surface area contributed by atoms with Crippen LogP contribution in [-0.4, -0.2) is 77.9 Å². The number of hydrogen-bond donors (Lipinski definition) is 2. The van der Waals surface area contributed by atoms with E-state index in [2.05, 4.69) is 10.3 Å². The third kappa shape index (κ3) is 3.71. The van der Waals surface area contributed by atoms with Gasteiger partial charge >= 0.3 is 6.03 Å². The number of likely N-dealkylation sites (N-methyl/N-ethyl adjacent to an activating group) is 2. The van der Waals surface area contributed by atoms with Crippen molar-refractivity contribution in [2.45, 2.75) is 25.0 Å². The zero-order valence-electron chi connectivity index (χ0n) is 15.5. The summed E-state index contributed by atoms with van der Waals surface area (Å²) < 4.78 is 0. The summed E-state index contributed by atoms with van der Waals surface area (Å²) in [7, 11) is 3.39. The predicted molar refractivity (Wildman–Crippen MR) is 99.6 cm³/mol. The molecule has 0 radical (unpaired) electrons. The van der Waals surface area contributed by atoms with Gasteiger partial charge in [0.2, 0.25) is 5.91 Å². The summed E-state index contributed by atoms with van der Waals surface area (Å²) in [5.41, 5.74) is 6.33. The molecule has 2 aliphatic heterocycles. The molecule has 1 aromatic carbocycles. The van der Waals surface area contributed by atoms with Crippen LogP contribution in [0, 0.1) is 0 Å². The van der Waals surface area contributed by atoms with Crippen molar-refractivity contribution >= 4 is 23.8 Å². The molecule has 144 valence electrons. The van der Waals surface area contributed by atoms with Crippen molar-refractivity contribution < 1.29 is 14.4 Å². The third-order valence-corrected chi connectivity index (χ3v) is 4.88. The van der Waals surface area contributed by atoms with Crippen LogP contribution in [0.15, 0.2) is 35.3 Å². The van der Waals surface area contributed by atoms with E-state index in [0.29, 0.717) is 12.5 Å². The summed E-state index contributed by atoms with van der Waals surface area (Å²) >= 11 is 0. The molecule has 4 amide bonds. The summed E-state index contributed by atoms with van der Waals surface area (Å²) in [5.74, 6) is -0.334. The van der Waals surface area contributed by atoms with Crippen molar-refractivity contribution in [2.75, 3.05) is 27.2 Å². The number of benzene rings is 1. The highest BCUT2D eigenvalue weighted by atomic mass is 16.2. The lowest BCUT2D eigenvalue weighted by Gasteiger charge is -2.40. The van der Waals surface area contributed by atoms with Crippen LogP contribution in [0.2, 0.25) is 0 Å². The van der Waals surface area contributed by atoms with E-state index in [9.17, 15) is 14.4 Å². The van der Waals surface area contributed by atoms with E-state index in [1.54, 1.807) is 19.0 Å². The molecule has 0 aliphatic carbocycles. The van der Waals surface area contributed by atoms with E-state index in [-0.39, 0.29) is 18.9 Å². The molecule has 2 saturated heterocycles. The van der Waals surface area contributed by atoms with Gasteiger partial charge < -0.3 is 20.9 Å². The van der Waals surface area contributed by atoms with Gasteiger partial charge in [-0.25, -0.2) is 4.79 Å². The average molecular weight is 372 g/mol. The maximum Gasteiger partial charge on any atom is 0.328 e. The number of carbonyl (C=O) groups excluding carboxylic acids is 3. The fraction of sp³-hybridized carbons (Fsp3) is 0.444. The molecule has 27 heavy (non-hydrogen) atoms. The molecule has 2 heterocycles. The number of aliphatic imine (C=N–C) groups is 1. The molecule has 3 N–H and O–H groups in total. The first-order chi connectivity index (χ1) is 12.9. The Morgan fingerprint density at radius 1 is 1.19 bits per heavy atom. The zero-order valence-corrected chi connectivity index (χ0v) is 15.5. The van der Waals surface area contributed by atoms with E-state index in [1.165, 1.54) is 10.5 Å². The lowest BCUT2D eigenvalue weighted by Crippen LogP contribution is -2.66. The fourth-order valence-electron chi connectivity index (χ4n) is 3.35. The number of carbonyl (C=O) groups is 3. The summed E-state index contributed by atoms with van der Waals surface area (Å²) in [6, 6.07) is 8.98. The van der Waals surface area contributed by atoms with Crippen LogP contribution in [0.3, 0.4) is 0 Å². The van der Waals surface area contributed by atoms with Crippen LogP contribution in [0.4, 0.5) is 4.79 Å². The number of nitrogens with two attached hydrogens (primary N) is 1. The largest absolute Gasteiger partial charge is 0.370 e. The van der Waals surface area contributed by atoms with Crippen molar-refractivity contribution in [2.24, 2.45) is 10.7 Å². The fourth-order valence-corrected chi connectivity index (χ4v) is 3.35. The molecular weight excluding hydrogens is 348 g/mol. The first-order valence-corrected chi connectivity index (χ1v) is 8.84. The van der Waals surface area contributed by atoms with E-state index >= 15 is 0 Å². The number of amides is 4. The van der Waals surface area contributed by atoms with Gasteiger partial charge in [0.15, 0.2) is 12.0 Å². The zero-order chi connectivity index (χ0) is 19.6. The first kappa shape index (κ1) is 18.7. The van der Waals surface area contributed by atoms with Crippen molar-refractivity contribution in [1.82, 2.24) is 20.0 Å². The minimum atomic E-state index is -0.587. The second-order valence-corrected chi connectivity index (χ2v) is 6.69. The van der Waals surface area contributed by atoms with Gasteiger partial charge in [-0.15, -0.1) is 0 Å². The van der Waals surface area contributed by atoms with Crippen molar-refractivity contribution in [3.63, 3.8) is 0 Å². The van der Waals surface area contributed by atoms with Crippen LogP contribution in [-0.2, 0) is 16.0 Å². The normalized spacial score (nSPS) is 23.6. The van der Waals surface area contributed by atoms with Crippen LogP contribution in [0.5, 0.6) is 0 Å². The van der Waals surface area contributed by atoms with Crippen LogP contribution >= 0.6 is 0 Å². The summed E-state index contributed by atoms with van der Waals surface area (Å²) in [6.07, 6.45) is 0.232. The average Bonchev–Trinajstić information content (AvgIpc) is 2.97. The van der Waals surface area contributed by atoms with Crippen LogP contribution < -0.4 is 11.1 Å². The number of nitrogens with one attached hydrogen (secondary N) is 1. The number of primary amides is 1. The number of hydrogen-bond acceptors (Lipinski definition) is 4. The SMILES string of the molecule is CN1C(=O)N(CCC(N)=O)C(=O)C2C1NC(=NCCc1ccccc1)N2C. The number of nitrogens with zero attached hydrogens (tertiary/aromatic N) is 4. The molecule has 0 bridgehead atoms. The number of fused-ring (bicyclic) bond motifs is 1. The lowest BCUT2D eigenvalue weighted by atomic mass is 10.1. The van der Waals surface area contributed by atoms with Gasteiger partial charge in [0.25, 0.3) is 5.91 Å². The van der Waals surface area contributed by atoms with E-state index in [1.807, 2.05) is 30.3 Å².